The van der Waals surface area contributed by atoms with Crippen molar-refractivity contribution in [1.29, 1.82) is 0 Å². The summed E-state index contributed by atoms with van der Waals surface area (Å²) in [5.41, 5.74) is 2.16. The van der Waals surface area contributed by atoms with E-state index in [2.05, 4.69) is 5.32 Å². The minimum absolute atomic E-state index is 0.135. The van der Waals surface area contributed by atoms with Crippen LogP contribution in [-0.2, 0) is 4.79 Å². The summed E-state index contributed by atoms with van der Waals surface area (Å²) in [6, 6.07) is 21.6. The average Bonchev–Trinajstić information content (AvgIpc) is 3.14. The van der Waals surface area contributed by atoms with Gasteiger partial charge in [-0.3, -0.25) is 4.79 Å². The lowest BCUT2D eigenvalue weighted by Crippen LogP contribution is -2.38. The SMILES string of the molecule is Cc1cccc(O[C@@H](C)C(=O)N[C@@H](c2ccccc2)c2cccs2)c1. The lowest BCUT2D eigenvalue weighted by atomic mass is 10.1. The molecule has 3 rings (SSSR count). The van der Waals surface area contributed by atoms with Gasteiger partial charge in [0, 0.05) is 4.88 Å². The maximum atomic E-state index is 12.7. The quantitative estimate of drug-likeness (QED) is 0.697. The van der Waals surface area contributed by atoms with Crippen LogP contribution in [0.4, 0.5) is 0 Å². The molecule has 1 N–H and O–H groups in total. The van der Waals surface area contributed by atoms with Gasteiger partial charge in [-0.15, -0.1) is 11.3 Å². The summed E-state index contributed by atoms with van der Waals surface area (Å²) in [4.78, 5) is 13.8. The second-order valence-corrected chi connectivity index (χ2v) is 6.92. The number of ether oxygens (including phenoxy) is 1. The first-order valence-electron chi connectivity index (χ1n) is 8.25. The van der Waals surface area contributed by atoms with Crippen LogP contribution in [0.1, 0.15) is 29.0 Å². The number of nitrogens with one attached hydrogen (secondary N) is 1. The summed E-state index contributed by atoms with van der Waals surface area (Å²) in [5, 5.41) is 5.13. The number of hydrogen-bond donors (Lipinski definition) is 1. The largest absolute Gasteiger partial charge is 0.481 e. The van der Waals surface area contributed by atoms with E-state index in [4.69, 9.17) is 4.74 Å². The van der Waals surface area contributed by atoms with Crippen LogP contribution in [0.3, 0.4) is 0 Å². The maximum absolute atomic E-state index is 12.7. The average molecular weight is 351 g/mol. The van der Waals surface area contributed by atoms with Gasteiger partial charge in [0.1, 0.15) is 5.75 Å². The number of hydrogen-bond acceptors (Lipinski definition) is 3. The summed E-state index contributed by atoms with van der Waals surface area (Å²) >= 11 is 1.63. The number of carbonyl (C=O) groups is 1. The fourth-order valence-corrected chi connectivity index (χ4v) is 3.43. The third-order valence-electron chi connectivity index (χ3n) is 3.92. The van der Waals surface area contributed by atoms with Crippen LogP contribution >= 0.6 is 11.3 Å². The zero-order valence-corrected chi connectivity index (χ0v) is 15.1. The molecule has 2 atom stereocenters. The Balaban J connectivity index is 1.74. The molecule has 3 aromatic rings. The molecule has 3 nitrogen and oxygen atoms in total. The first kappa shape index (κ1) is 17.2. The van der Waals surface area contributed by atoms with Gasteiger partial charge in [-0.25, -0.2) is 0 Å². The second-order valence-electron chi connectivity index (χ2n) is 5.94. The molecule has 128 valence electrons. The molecule has 1 amide bonds. The molecule has 0 bridgehead atoms. The molecular formula is C21H21NO2S. The Hall–Kier alpha value is -2.59. The summed E-state index contributed by atoms with van der Waals surface area (Å²) in [6.07, 6.45) is -0.576. The minimum atomic E-state index is -0.576. The van der Waals surface area contributed by atoms with Gasteiger partial charge in [-0.1, -0.05) is 48.5 Å². The number of thiophene rings is 1. The Morgan fingerprint density at radius 2 is 1.84 bits per heavy atom. The third kappa shape index (κ3) is 4.48. The van der Waals surface area contributed by atoms with Crippen molar-refractivity contribution in [3.63, 3.8) is 0 Å². The monoisotopic (exact) mass is 351 g/mol. The van der Waals surface area contributed by atoms with Crippen LogP contribution in [0.25, 0.3) is 0 Å². The number of aryl methyl sites for hydroxylation is 1. The van der Waals surface area contributed by atoms with Gasteiger partial charge in [-0.2, -0.15) is 0 Å². The van der Waals surface area contributed by atoms with E-state index in [-0.39, 0.29) is 11.9 Å². The Morgan fingerprint density at radius 1 is 1.04 bits per heavy atom. The number of rotatable bonds is 6. The highest BCUT2D eigenvalue weighted by molar-refractivity contribution is 7.10. The molecular weight excluding hydrogens is 330 g/mol. The van der Waals surface area contributed by atoms with Gasteiger partial charge >= 0.3 is 0 Å². The van der Waals surface area contributed by atoms with E-state index in [1.807, 2.05) is 79.0 Å². The molecule has 25 heavy (non-hydrogen) atoms. The molecule has 0 radical (unpaired) electrons. The van der Waals surface area contributed by atoms with E-state index in [1.165, 1.54) is 0 Å². The molecule has 0 unspecified atom stereocenters. The summed E-state index contributed by atoms with van der Waals surface area (Å²) in [6.45, 7) is 3.77. The number of benzene rings is 2. The van der Waals surface area contributed by atoms with Gasteiger partial charge in [0.25, 0.3) is 5.91 Å². The molecule has 0 fully saturated rings. The van der Waals surface area contributed by atoms with Crippen LogP contribution in [0.5, 0.6) is 5.75 Å². The van der Waals surface area contributed by atoms with Crippen LogP contribution in [0, 0.1) is 6.92 Å². The van der Waals surface area contributed by atoms with Crippen LogP contribution in [0.2, 0.25) is 0 Å². The molecule has 1 aromatic heterocycles. The number of amides is 1. The first-order chi connectivity index (χ1) is 12.1. The van der Waals surface area contributed by atoms with E-state index in [1.54, 1.807) is 18.3 Å². The fourth-order valence-electron chi connectivity index (χ4n) is 2.63. The van der Waals surface area contributed by atoms with E-state index in [9.17, 15) is 4.79 Å². The van der Waals surface area contributed by atoms with Gasteiger partial charge in [0.05, 0.1) is 6.04 Å². The second kappa shape index (κ2) is 7.99. The van der Waals surface area contributed by atoms with Crippen LogP contribution < -0.4 is 10.1 Å². The predicted molar refractivity (Wildman–Crippen MR) is 102 cm³/mol. The normalized spacial score (nSPS) is 13.0. The molecule has 0 aliphatic carbocycles. The first-order valence-corrected chi connectivity index (χ1v) is 9.13. The Morgan fingerprint density at radius 3 is 2.52 bits per heavy atom. The van der Waals surface area contributed by atoms with Gasteiger partial charge < -0.3 is 10.1 Å². The van der Waals surface area contributed by atoms with Gasteiger partial charge in [0.2, 0.25) is 0 Å². The Bertz CT molecular complexity index is 815. The number of carbonyl (C=O) groups excluding carboxylic acids is 1. The van der Waals surface area contributed by atoms with E-state index >= 15 is 0 Å². The summed E-state index contributed by atoms with van der Waals surface area (Å²) in [7, 11) is 0. The highest BCUT2D eigenvalue weighted by Crippen LogP contribution is 2.26. The highest BCUT2D eigenvalue weighted by atomic mass is 32.1. The molecule has 0 saturated carbocycles. The molecule has 0 aliphatic rings. The molecule has 0 aliphatic heterocycles. The topological polar surface area (TPSA) is 38.3 Å². The Kier molecular flexibility index (Phi) is 5.51. The van der Waals surface area contributed by atoms with Crippen molar-refractivity contribution in [2.45, 2.75) is 26.0 Å². The lowest BCUT2D eigenvalue weighted by Gasteiger charge is -2.21. The summed E-state index contributed by atoms with van der Waals surface area (Å²) < 4.78 is 5.80. The van der Waals surface area contributed by atoms with Crippen molar-refractivity contribution in [2.24, 2.45) is 0 Å². The van der Waals surface area contributed by atoms with E-state index < -0.39 is 6.10 Å². The van der Waals surface area contributed by atoms with Crippen molar-refractivity contribution >= 4 is 17.2 Å². The van der Waals surface area contributed by atoms with Crippen molar-refractivity contribution in [2.75, 3.05) is 0 Å². The van der Waals surface area contributed by atoms with Crippen LogP contribution in [0.15, 0.2) is 72.1 Å². The minimum Gasteiger partial charge on any atom is -0.481 e. The fraction of sp³-hybridized carbons (Fsp3) is 0.190. The molecule has 0 saturated heterocycles. The lowest BCUT2D eigenvalue weighted by molar-refractivity contribution is -0.127. The smallest absolute Gasteiger partial charge is 0.261 e. The molecule has 4 heteroatoms. The zero-order valence-electron chi connectivity index (χ0n) is 14.3. The molecule has 1 heterocycles. The van der Waals surface area contributed by atoms with E-state index in [0.29, 0.717) is 5.75 Å². The van der Waals surface area contributed by atoms with Crippen molar-refractivity contribution in [3.8, 4) is 5.75 Å². The molecule has 2 aromatic carbocycles. The van der Waals surface area contributed by atoms with E-state index in [0.717, 1.165) is 16.0 Å². The van der Waals surface area contributed by atoms with Crippen LogP contribution in [-0.4, -0.2) is 12.0 Å². The van der Waals surface area contributed by atoms with Gasteiger partial charge in [-0.05, 0) is 48.6 Å². The standard InChI is InChI=1S/C21H21NO2S/c1-15-8-6-11-18(14-15)24-16(2)21(23)22-20(19-12-7-13-25-19)17-9-4-3-5-10-17/h3-14,16,20H,1-2H3,(H,22,23)/t16-,20-/m0/s1. The maximum Gasteiger partial charge on any atom is 0.261 e. The van der Waals surface area contributed by atoms with Crippen molar-refractivity contribution < 1.29 is 9.53 Å². The highest BCUT2D eigenvalue weighted by Gasteiger charge is 2.22. The summed E-state index contributed by atoms with van der Waals surface area (Å²) in [5.74, 6) is 0.568. The predicted octanol–water partition coefficient (Wildman–Crippen LogP) is 4.73. The van der Waals surface area contributed by atoms with Gasteiger partial charge in [0.15, 0.2) is 6.10 Å². The van der Waals surface area contributed by atoms with Crippen molar-refractivity contribution in [1.82, 2.24) is 5.32 Å². The molecule has 0 spiro atoms. The zero-order chi connectivity index (χ0) is 17.6. The third-order valence-corrected chi connectivity index (χ3v) is 4.86. The van der Waals surface area contributed by atoms with Crippen molar-refractivity contribution in [3.05, 3.63) is 88.1 Å². The Labute approximate surface area is 152 Å².